The summed E-state index contributed by atoms with van der Waals surface area (Å²) in [7, 11) is 0. The highest BCUT2D eigenvalue weighted by Crippen LogP contribution is 2.31. The molecule has 0 fully saturated rings. The molecule has 0 aliphatic carbocycles. The maximum absolute atomic E-state index is 10.4. The van der Waals surface area contributed by atoms with Gasteiger partial charge in [-0.3, -0.25) is 10.3 Å². The van der Waals surface area contributed by atoms with Gasteiger partial charge in [0.1, 0.15) is 11.6 Å². The Morgan fingerprint density at radius 3 is 2.71 bits per heavy atom. The molecule has 4 N–H and O–H groups in total. The van der Waals surface area contributed by atoms with Crippen LogP contribution in [0, 0.1) is 0 Å². The van der Waals surface area contributed by atoms with Crippen LogP contribution < -0.4 is 11.2 Å². The van der Waals surface area contributed by atoms with Crippen molar-refractivity contribution in [3.63, 3.8) is 0 Å². The molecule has 24 heavy (non-hydrogen) atoms. The minimum absolute atomic E-state index is 0.0806. The van der Waals surface area contributed by atoms with Crippen molar-refractivity contribution in [3.05, 3.63) is 71.7 Å². The van der Waals surface area contributed by atoms with Crippen molar-refractivity contribution in [1.82, 2.24) is 10.3 Å². The third-order valence-electron chi connectivity index (χ3n) is 3.86. The number of nitrogens with zero attached hydrogens (tertiary/aromatic N) is 2. The molecule has 0 unspecified atom stereocenters. The number of nitrogens with one attached hydrogen (secondary N) is 1. The third kappa shape index (κ3) is 3.06. The first-order chi connectivity index (χ1) is 11.4. The van der Waals surface area contributed by atoms with E-state index in [1.807, 2.05) is 50.0 Å². The topological polar surface area (TPSA) is 73.9 Å². The van der Waals surface area contributed by atoms with Gasteiger partial charge in [-0.25, -0.2) is 0 Å². The molecule has 1 aliphatic heterocycles. The number of rotatable bonds is 5. The van der Waals surface area contributed by atoms with E-state index in [1.165, 1.54) is 0 Å². The third-order valence-corrected chi connectivity index (χ3v) is 3.86. The van der Waals surface area contributed by atoms with Gasteiger partial charge in [-0.15, -0.1) is 0 Å². The summed E-state index contributed by atoms with van der Waals surface area (Å²) in [6.45, 7) is 14.0. The summed E-state index contributed by atoms with van der Waals surface area (Å²) in [5, 5.41) is 14.7. The number of nitrogens with two attached hydrogens (primary N) is 1. The molecule has 126 valence electrons. The van der Waals surface area contributed by atoms with E-state index in [1.54, 1.807) is 6.07 Å². The predicted molar refractivity (Wildman–Crippen MR) is 100 cm³/mol. The van der Waals surface area contributed by atoms with Gasteiger partial charge in [-0.05, 0) is 37.5 Å². The van der Waals surface area contributed by atoms with Crippen molar-refractivity contribution in [1.29, 1.82) is 0 Å². The van der Waals surface area contributed by atoms with Crippen LogP contribution in [0.15, 0.2) is 65.7 Å². The normalized spacial score (nSPS) is 15.0. The monoisotopic (exact) mass is 324 g/mol. The molecule has 0 amide bonds. The second kappa shape index (κ2) is 7.08. The lowest BCUT2D eigenvalue weighted by Gasteiger charge is -2.24. The minimum Gasteiger partial charge on any atom is -0.507 e. The van der Waals surface area contributed by atoms with E-state index in [2.05, 4.69) is 23.7 Å². The van der Waals surface area contributed by atoms with Gasteiger partial charge in [0.2, 0.25) is 0 Å². The van der Waals surface area contributed by atoms with Gasteiger partial charge in [0.15, 0.2) is 5.84 Å². The van der Waals surface area contributed by atoms with Crippen molar-refractivity contribution in [2.75, 3.05) is 5.73 Å². The number of hydrazone groups is 1. The van der Waals surface area contributed by atoms with Gasteiger partial charge in [0, 0.05) is 11.8 Å². The Hall–Kier alpha value is -2.95. The van der Waals surface area contributed by atoms with Crippen molar-refractivity contribution in [2.24, 2.45) is 5.10 Å². The number of phenols is 1. The van der Waals surface area contributed by atoms with Crippen molar-refractivity contribution >= 4 is 11.5 Å². The largest absolute Gasteiger partial charge is 0.507 e. The zero-order valence-corrected chi connectivity index (χ0v) is 14.4. The molecule has 1 aromatic carbocycles. The van der Waals surface area contributed by atoms with Crippen LogP contribution >= 0.6 is 0 Å². The first kappa shape index (κ1) is 17.4. The van der Waals surface area contributed by atoms with E-state index in [0.717, 1.165) is 23.3 Å². The second-order valence-corrected chi connectivity index (χ2v) is 5.45. The lowest BCUT2D eigenvalue weighted by atomic mass is 10.0. The van der Waals surface area contributed by atoms with Crippen LogP contribution in [0.2, 0.25) is 0 Å². The zero-order valence-electron chi connectivity index (χ0n) is 14.4. The average Bonchev–Trinajstić information content (AvgIpc) is 2.90. The summed E-state index contributed by atoms with van der Waals surface area (Å²) in [6.07, 6.45) is 6.54. The predicted octanol–water partition coefficient (Wildman–Crippen LogP) is 3.61. The van der Waals surface area contributed by atoms with Gasteiger partial charge in [-0.2, -0.15) is 5.10 Å². The molecule has 0 saturated carbocycles. The zero-order chi connectivity index (χ0) is 17.9. The summed E-state index contributed by atoms with van der Waals surface area (Å²) in [6, 6.07) is 3.43. The Morgan fingerprint density at radius 2 is 2.12 bits per heavy atom. The van der Waals surface area contributed by atoms with Crippen LogP contribution in [0.5, 0.6) is 5.75 Å². The second-order valence-electron chi connectivity index (χ2n) is 5.45. The molecule has 1 aromatic rings. The number of benzene rings is 1. The van der Waals surface area contributed by atoms with Gasteiger partial charge in [0.25, 0.3) is 0 Å². The Labute approximate surface area is 143 Å². The lowest BCUT2D eigenvalue weighted by molar-refractivity contribution is 0.473. The van der Waals surface area contributed by atoms with E-state index in [0.29, 0.717) is 22.9 Å². The van der Waals surface area contributed by atoms with Crippen LogP contribution in [0.4, 0.5) is 5.69 Å². The van der Waals surface area contributed by atoms with Crippen LogP contribution in [0.3, 0.4) is 0 Å². The molecule has 0 aromatic heterocycles. The number of aryl methyl sites for hydroxylation is 1. The molecule has 1 heterocycles. The molecule has 0 spiro atoms. The number of nitrogen functional groups attached to an aromatic ring is 1. The maximum Gasteiger partial charge on any atom is 0.170 e. The quantitative estimate of drug-likeness (QED) is 0.571. The summed E-state index contributed by atoms with van der Waals surface area (Å²) in [5.41, 5.74) is 12.6. The van der Waals surface area contributed by atoms with Crippen LogP contribution in [-0.2, 0) is 6.42 Å². The Bertz CT molecular complexity index is 772. The Kier molecular flexibility index (Phi) is 5.14. The highest BCUT2D eigenvalue weighted by atomic mass is 16.3. The van der Waals surface area contributed by atoms with E-state index in [9.17, 15) is 5.11 Å². The smallest absolute Gasteiger partial charge is 0.170 e. The molecule has 0 radical (unpaired) electrons. The SMILES string of the molecule is C=C(/C=C\C)/C(=C\C)N1C(=C)NN=C1c1cc(CC)c(N)cc1O. The molecule has 0 atom stereocenters. The first-order valence-corrected chi connectivity index (χ1v) is 7.87. The van der Waals surface area contributed by atoms with Gasteiger partial charge in [0.05, 0.1) is 11.3 Å². The Balaban J connectivity index is 2.54. The molecule has 1 aliphatic rings. The van der Waals surface area contributed by atoms with Crippen LogP contribution in [-0.4, -0.2) is 15.8 Å². The highest BCUT2D eigenvalue weighted by molar-refractivity contribution is 6.05. The number of hydrogen-bond donors (Lipinski definition) is 3. The summed E-state index contributed by atoms with van der Waals surface area (Å²) < 4.78 is 0. The first-order valence-electron chi connectivity index (χ1n) is 7.87. The Morgan fingerprint density at radius 1 is 1.42 bits per heavy atom. The molecule has 5 heteroatoms. The summed E-state index contributed by atoms with van der Waals surface area (Å²) in [5.74, 6) is 1.24. The molecular formula is C19H24N4O. The number of anilines is 1. The summed E-state index contributed by atoms with van der Waals surface area (Å²) >= 11 is 0. The van der Waals surface area contributed by atoms with Gasteiger partial charge >= 0.3 is 0 Å². The molecule has 2 rings (SSSR count). The highest BCUT2D eigenvalue weighted by Gasteiger charge is 2.28. The average molecular weight is 324 g/mol. The fourth-order valence-corrected chi connectivity index (χ4v) is 2.66. The number of phenolic OH excluding ortho intramolecular Hbond substituents is 1. The van der Waals surface area contributed by atoms with E-state index < -0.39 is 0 Å². The standard InChI is InChI=1S/C19H24N4O/c1-6-9-12(4)17(8-3)23-13(5)21-22-19(23)15-10-14(7-2)16(20)11-18(15)24/h6,8-11,21,24H,4-5,7,20H2,1-3H3/b9-6-,17-8+. The van der Waals surface area contributed by atoms with Gasteiger partial charge in [-0.1, -0.05) is 38.3 Å². The molecular weight excluding hydrogens is 300 g/mol. The minimum atomic E-state index is 0.0806. The fourth-order valence-electron chi connectivity index (χ4n) is 2.66. The number of allylic oxidation sites excluding steroid dienone is 3. The van der Waals surface area contributed by atoms with E-state index in [-0.39, 0.29) is 5.75 Å². The number of amidine groups is 1. The van der Waals surface area contributed by atoms with E-state index >= 15 is 0 Å². The maximum atomic E-state index is 10.4. The molecule has 0 bridgehead atoms. The van der Waals surface area contributed by atoms with Gasteiger partial charge < -0.3 is 10.8 Å². The van der Waals surface area contributed by atoms with Crippen molar-refractivity contribution in [3.8, 4) is 5.75 Å². The number of hydrogen-bond acceptors (Lipinski definition) is 5. The van der Waals surface area contributed by atoms with Crippen LogP contribution in [0.25, 0.3) is 0 Å². The summed E-state index contributed by atoms with van der Waals surface area (Å²) in [4.78, 5) is 1.84. The fraction of sp³-hybridized carbons (Fsp3) is 0.211. The van der Waals surface area contributed by atoms with E-state index in [4.69, 9.17) is 5.73 Å². The van der Waals surface area contributed by atoms with Crippen LogP contribution in [0.1, 0.15) is 31.9 Å². The molecule has 0 saturated heterocycles. The lowest BCUT2D eigenvalue weighted by Crippen LogP contribution is -2.28. The van der Waals surface area contributed by atoms with Crippen molar-refractivity contribution < 1.29 is 5.11 Å². The number of aromatic hydroxyl groups is 1. The molecule has 5 nitrogen and oxygen atoms in total. The van der Waals surface area contributed by atoms with Crippen molar-refractivity contribution in [2.45, 2.75) is 27.2 Å².